The second-order valence-corrected chi connectivity index (χ2v) is 5.62. The summed E-state index contributed by atoms with van der Waals surface area (Å²) in [4.78, 5) is 0. The van der Waals surface area contributed by atoms with Crippen molar-refractivity contribution in [2.45, 2.75) is 50.9 Å². The molecule has 0 spiro atoms. The summed E-state index contributed by atoms with van der Waals surface area (Å²) in [5.41, 5.74) is 1.95. The van der Waals surface area contributed by atoms with Crippen molar-refractivity contribution in [2.75, 3.05) is 0 Å². The molecule has 0 amide bonds. The molecule has 2 heterocycles. The predicted octanol–water partition coefficient (Wildman–Crippen LogP) is 2.61. The maximum atomic E-state index is 13.2. The molecular weight excluding hydrogens is 231 g/mol. The number of fused-ring (bicyclic) bond motifs is 2. The lowest BCUT2D eigenvalue weighted by Crippen LogP contribution is -2.31. The van der Waals surface area contributed by atoms with Crippen molar-refractivity contribution in [2.24, 2.45) is 5.92 Å². The Kier molecular flexibility index (Phi) is 3.12. The maximum absolute atomic E-state index is 13.2. The van der Waals surface area contributed by atoms with E-state index < -0.39 is 6.10 Å². The van der Waals surface area contributed by atoms with Crippen molar-refractivity contribution in [3.05, 3.63) is 35.1 Å². The Balaban J connectivity index is 1.70. The van der Waals surface area contributed by atoms with Crippen LogP contribution in [-0.2, 0) is 11.2 Å². The number of halogens is 1. The van der Waals surface area contributed by atoms with Gasteiger partial charge in [-0.1, -0.05) is 6.07 Å². The van der Waals surface area contributed by atoms with Gasteiger partial charge in [-0.25, -0.2) is 4.39 Å². The third-order valence-electron chi connectivity index (χ3n) is 4.39. The lowest BCUT2D eigenvalue weighted by molar-refractivity contribution is 0.0431. The molecule has 0 saturated carbocycles. The van der Waals surface area contributed by atoms with Gasteiger partial charge in [0.05, 0.1) is 18.3 Å². The van der Waals surface area contributed by atoms with Gasteiger partial charge in [-0.15, -0.1) is 0 Å². The standard InChI is InChI=1S/C15H19FO2/c1-9-2-3-11(16)6-10(9)7-14(17)13-8-12-4-5-15(13)18-12/h2-3,6,12-15,17H,4-5,7-8H2,1H3. The molecule has 1 N–H and O–H groups in total. The SMILES string of the molecule is Cc1ccc(F)cc1CC(O)C1CC2CCC1O2. The smallest absolute Gasteiger partial charge is 0.123 e. The number of benzene rings is 1. The van der Waals surface area contributed by atoms with E-state index in [1.54, 1.807) is 6.07 Å². The van der Waals surface area contributed by atoms with Crippen LogP contribution in [0.4, 0.5) is 4.39 Å². The van der Waals surface area contributed by atoms with Crippen molar-refractivity contribution in [1.82, 2.24) is 0 Å². The summed E-state index contributed by atoms with van der Waals surface area (Å²) in [5.74, 6) is -0.00147. The van der Waals surface area contributed by atoms with Crippen LogP contribution in [0, 0.1) is 18.7 Å². The number of hydrogen-bond donors (Lipinski definition) is 1. The first kappa shape index (κ1) is 12.1. The quantitative estimate of drug-likeness (QED) is 0.893. The molecule has 2 aliphatic rings. The van der Waals surface area contributed by atoms with Gasteiger partial charge in [0.15, 0.2) is 0 Å². The summed E-state index contributed by atoms with van der Waals surface area (Å²) in [5, 5.41) is 10.3. The van der Waals surface area contributed by atoms with Crippen molar-refractivity contribution in [3.8, 4) is 0 Å². The Bertz CT molecular complexity index is 446. The Morgan fingerprint density at radius 3 is 2.94 bits per heavy atom. The van der Waals surface area contributed by atoms with Crippen molar-refractivity contribution in [3.63, 3.8) is 0 Å². The molecule has 4 atom stereocenters. The van der Waals surface area contributed by atoms with Crippen LogP contribution >= 0.6 is 0 Å². The highest BCUT2D eigenvalue weighted by molar-refractivity contribution is 5.27. The van der Waals surface area contributed by atoms with Crippen molar-refractivity contribution in [1.29, 1.82) is 0 Å². The Labute approximate surface area is 107 Å². The molecule has 1 aromatic carbocycles. The lowest BCUT2D eigenvalue weighted by atomic mass is 9.82. The van der Waals surface area contributed by atoms with E-state index in [9.17, 15) is 9.50 Å². The van der Waals surface area contributed by atoms with Crippen LogP contribution < -0.4 is 0 Å². The Morgan fingerprint density at radius 1 is 1.44 bits per heavy atom. The van der Waals surface area contributed by atoms with E-state index in [1.165, 1.54) is 12.1 Å². The lowest BCUT2D eigenvalue weighted by Gasteiger charge is -2.24. The fraction of sp³-hybridized carbons (Fsp3) is 0.600. The third kappa shape index (κ3) is 2.17. The molecule has 2 aliphatic heterocycles. The molecule has 2 nitrogen and oxygen atoms in total. The summed E-state index contributed by atoms with van der Waals surface area (Å²) in [6.07, 6.45) is 3.84. The topological polar surface area (TPSA) is 29.5 Å². The second-order valence-electron chi connectivity index (χ2n) is 5.62. The first-order valence-corrected chi connectivity index (χ1v) is 6.72. The summed E-state index contributed by atoms with van der Waals surface area (Å²) >= 11 is 0. The number of hydrogen-bond acceptors (Lipinski definition) is 2. The predicted molar refractivity (Wildman–Crippen MR) is 66.8 cm³/mol. The third-order valence-corrected chi connectivity index (χ3v) is 4.39. The van der Waals surface area contributed by atoms with Crippen molar-refractivity contribution >= 4 is 0 Å². The van der Waals surface area contributed by atoms with Crippen LogP contribution in [0.3, 0.4) is 0 Å². The van der Waals surface area contributed by atoms with Gasteiger partial charge in [-0.05, 0) is 55.9 Å². The van der Waals surface area contributed by atoms with Crippen LogP contribution in [0.2, 0.25) is 0 Å². The Morgan fingerprint density at radius 2 is 2.28 bits per heavy atom. The van der Waals surface area contributed by atoms with Gasteiger partial charge in [0, 0.05) is 5.92 Å². The van der Waals surface area contributed by atoms with E-state index >= 15 is 0 Å². The van der Waals surface area contributed by atoms with Gasteiger partial charge in [-0.3, -0.25) is 0 Å². The average molecular weight is 250 g/mol. The number of aliphatic hydroxyl groups excluding tert-OH is 1. The van der Waals surface area contributed by atoms with Crippen LogP contribution in [0.25, 0.3) is 0 Å². The fourth-order valence-electron chi connectivity index (χ4n) is 3.32. The summed E-state index contributed by atoms with van der Waals surface area (Å²) < 4.78 is 19.0. The minimum absolute atomic E-state index is 0.221. The molecule has 1 aromatic rings. The number of aryl methyl sites for hydroxylation is 1. The van der Waals surface area contributed by atoms with Gasteiger partial charge in [0.1, 0.15) is 5.82 Å². The van der Waals surface area contributed by atoms with Gasteiger partial charge in [0.25, 0.3) is 0 Å². The highest BCUT2D eigenvalue weighted by atomic mass is 19.1. The average Bonchev–Trinajstić information content (AvgIpc) is 2.96. The number of ether oxygens (including phenoxy) is 1. The number of rotatable bonds is 3. The van der Waals surface area contributed by atoms with Crippen molar-refractivity contribution < 1.29 is 14.2 Å². The zero-order valence-corrected chi connectivity index (χ0v) is 10.6. The first-order chi connectivity index (χ1) is 8.63. The van der Waals surface area contributed by atoms with Gasteiger partial charge in [0.2, 0.25) is 0 Å². The summed E-state index contributed by atoms with van der Waals surface area (Å²) in [6.45, 7) is 1.96. The zero-order valence-electron chi connectivity index (χ0n) is 10.6. The molecule has 3 heteroatoms. The maximum Gasteiger partial charge on any atom is 0.123 e. The highest BCUT2D eigenvalue weighted by Crippen LogP contribution is 2.41. The summed E-state index contributed by atoms with van der Waals surface area (Å²) in [6, 6.07) is 4.77. The molecule has 0 aromatic heterocycles. The van der Waals surface area contributed by atoms with Crippen LogP contribution in [-0.4, -0.2) is 23.4 Å². The highest BCUT2D eigenvalue weighted by Gasteiger charge is 2.43. The molecule has 2 saturated heterocycles. The van der Waals surface area contributed by atoms with Crippen LogP contribution in [0.15, 0.2) is 18.2 Å². The minimum atomic E-state index is -0.416. The second kappa shape index (κ2) is 4.63. The van der Waals surface area contributed by atoms with Gasteiger partial charge in [-0.2, -0.15) is 0 Å². The molecular formula is C15H19FO2. The Hall–Kier alpha value is -0.930. The molecule has 98 valence electrons. The fourth-order valence-corrected chi connectivity index (χ4v) is 3.32. The molecule has 4 unspecified atom stereocenters. The van der Waals surface area contributed by atoms with E-state index in [-0.39, 0.29) is 17.8 Å². The molecule has 2 fully saturated rings. The van der Waals surface area contributed by atoms with E-state index in [2.05, 4.69) is 0 Å². The van der Waals surface area contributed by atoms with E-state index in [0.717, 1.165) is 30.4 Å². The van der Waals surface area contributed by atoms with Gasteiger partial charge >= 0.3 is 0 Å². The monoisotopic (exact) mass is 250 g/mol. The van der Waals surface area contributed by atoms with Crippen LogP contribution in [0.1, 0.15) is 30.4 Å². The zero-order chi connectivity index (χ0) is 12.7. The van der Waals surface area contributed by atoms with E-state index in [1.807, 2.05) is 6.92 Å². The molecule has 0 radical (unpaired) electrons. The van der Waals surface area contributed by atoms with Gasteiger partial charge < -0.3 is 9.84 Å². The molecule has 0 aliphatic carbocycles. The molecule has 3 rings (SSSR count). The largest absolute Gasteiger partial charge is 0.392 e. The van der Waals surface area contributed by atoms with E-state index in [0.29, 0.717) is 12.5 Å². The molecule has 18 heavy (non-hydrogen) atoms. The minimum Gasteiger partial charge on any atom is -0.392 e. The van der Waals surface area contributed by atoms with E-state index in [4.69, 9.17) is 4.74 Å². The summed E-state index contributed by atoms with van der Waals surface area (Å²) in [7, 11) is 0. The number of aliphatic hydroxyl groups is 1. The first-order valence-electron chi connectivity index (χ1n) is 6.72. The molecule has 2 bridgehead atoms. The van der Waals surface area contributed by atoms with Crippen LogP contribution in [0.5, 0.6) is 0 Å². The normalized spacial score (nSPS) is 31.8.